The van der Waals surface area contributed by atoms with Gasteiger partial charge in [-0.05, 0) is 6.42 Å². The molecule has 0 aliphatic carbocycles. The molecule has 1 N–H and O–H groups in total. The molecule has 0 aliphatic heterocycles. The molecule has 4 heteroatoms. The van der Waals surface area contributed by atoms with Gasteiger partial charge >= 0.3 is 5.97 Å². The van der Waals surface area contributed by atoms with Crippen LogP contribution in [0.4, 0.5) is 0 Å². The van der Waals surface area contributed by atoms with E-state index in [1.807, 2.05) is 0 Å². The number of esters is 1. The summed E-state index contributed by atoms with van der Waals surface area (Å²) >= 11 is 0. The van der Waals surface area contributed by atoms with E-state index in [1.165, 1.54) is 84.2 Å². The number of carbonyl (C=O) groups is 2. The van der Waals surface area contributed by atoms with Gasteiger partial charge in [0.2, 0.25) is 5.91 Å². The molecule has 1 amide bonds. The molecule has 0 aromatic carbocycles. The molecule has 0 heterocycles. The fourth-order valence-electron chi connectivity index (χ4n) is 2.99. The summed E-state index contributed by atoms with van der Waals surface area (Å²) in [5, 5.41) is 2.70. The molecule has 0 saturated heterocycles. The van der Waals surface area contributed by atoms with E-state index in [2.05, 4.69) is 23.6 Å². The topological polar surface area (TPSA) is 55.4 Å². The lowest BCUT2D eigenvalue weighted by Gasteiger charge is -2.06. The highest BCUT2D eigenvalue weighted by Gasteiger charge is 2.08. The van der Waals surface area contributed by atoms with Crippen molar-refractivity contribution in [2.24, 2.45) is 0 Å². The molecule has 0 saturated carbocycles. The smallest absolute Gasteiger partial charge is 0.334 e. The summed E-state index contributed by atoms with van der Waals surface area (Å²) in [4.78, 5) is 22.8. The Balaban J connectivity index is 3.27. The van der Waals surface area contributed by atoms with Crippen LogP contribution in [0.5, 0.6) is 0 Å². The van der Waals surface area contributed by atoms with Crippen molar-refractivity contribution >= 4 is 11.9 Å². The molecule has 0 atom stereocenters. The van der Waals surface area contributed by atoms with Crippen LogP contribution in [-0.2, 0) is 14.3 Å². The van der Waals surface area contributed by atoms with Gasteiger partial charge in [0, 0.05) is 18.5 Å². The van der Waals surface area contributed by atoms with Crippen LogP contribution < -0.4 is 5.32 Å². The summed E-state index contributed by atoms with van der Waals surface area (Å²) in [6, 6.07) is 0. The first-order valence-corrected chi connectivity index (χ1v) is 10.6. The third-order valence-electron chi connectivity index (χ3n) is 4.73. The van der Waals surface area contributed by atoms with Crippen molar-refractivity contribution in [2.75, 3.05) is 13.7 Å². The molecule has 0 aromatic heterocycles. The number of hydrogen-bond acceptors (Lipinski definition) is 3. The van der Waals surface area contributed by atoms with Gasteiger partial charge in [0.1, 0.15) is 0 Å². The van der Waals surface area contributed by atoms with Gasteiger partial charge in [-0.15, -0.1) is 0 Å². The van der Waals surface area contributed by atoms with Gasteiger partial charge in [-0.2, -0.15) is 0 Å². The predicted molar refractivity (Wildman–Crippen MR) is 109 cm³/mol. The van der Waals surface area contributed by atoms with Gasteiger partial charge in [-0.25, -0.2) is 4.79 Å². The van der Waals surface area contributed by atoms with Gasteiger partial charge < -0.3 is 10.1 Å². The molecular weight excluding hydrogens is 326 g/mol. The summed E-state index contributed by atoms with van der Waals surface area (Å²) in [5.74, 6) is -0.490. The second-order valence-electron chi connectivity index (χ2n) is 7.22. The predicted octanol–water partition coefficient (Wildman–Crippen LogP) is 5.70. The molecule has 0 aromatic rings. The number of unbranched alkanes of at least 4 members (excludes halogenated alkanes) is 13. The summed E-state index contributed by atoms with van der Waals surface area (Å²) in [6.45, 7) is 6.02. The van der Waals surface area contributed by atoms with E-state index in [1.54, 1.807) is 0 Å². The Morgan fingerprint density at radius 1 is 0.769 bits per heavy atom. The maximum Gasteiger partial charge on any atom is 0.334 e. The van der Waals surface area contributed by atoms with Crippen LogP contribution in [-0.4, -0.2) is 25.5 Å². The first-order valence-electron chi connectivity index (χ1n) is 10.6. The summed E-state index contributed by atoms with van der Waals surface area (Å²) in [5.41, 5.74) is 0.279. The third-order valence-corrected chi connectivity index (χ3v) is 4.73. The van der Waals surface area contributed by atoms with E-state index in [-0.39, 0.29) is 18.0 Å². The first-order chi connectivity index (χ1) is 12.6. The molecule has 152 valence electrons. The largest absolute Gasteiger partial charge is 0.466 e. The number of nitrogens with one attached hydrogen (secondary N) is 1. The highest BCUT2D eigenvalue weighted by atomic mass is 16.5. The minimum atomic E-state index is -0.471. The van der Waals surface area contributed by atoms with Crippen molar-refractivity contribution in [1.82, 2.24) is 5.32 Å². The summed E-state index contributed by atoms with van der Waals surface area (Å²) in [7, 11) is 1.31. The maximum atomic E-state index is 11.7. The lowest BCUT2D eigenvalue weighted by molar-refractivity contribution is -0.136. The Morgan fingerprint density at radius 2 is 1.19 bits per heavy atom. The van der Waals surface area contributed by atoms with Crippen LogP contribution >= 0.6 is 0 Å². The van der Waals surface area contributed by atoms with Crippen molar-refractivity contribution in [1.29, 1.82) is 0 Å². The molecule has 0 unspecified atom stereocenters. The van der Waals surface area contributed by atoms with Crippen molar-refractivity contribution in [3.8, 4) is 0 Å². The van der Waals surface area contributed by atoms with E-state index in [4.69, 9.17) is 0 Å². The molecule has 4 nitrogen and oxygen atoms in total. The lowest BCUT2D eigenvalue weighted by Crippen LogP contribution is -2.27. The maximum absolute atomic E-state index is 11.7. The zero-order valence-corrected chi connectivity index (χ0v) is 17.2. The molecule has 0 rings (SSSR count). The third kappa shape index (κ3) is 16.2. The van der Waals surface area contributed by atoms with Crippen LogP contribution in [0, 0.1) is 0 Å². The Kier molecular flexibility index (Phi) is 17.5. The SMILES string of the molecule is C=C(CNC(=O)CCCCCCCCCCCCCCCC)C(=O)OC. The second-order valence-corrected chi connectivity index (χ2v) is 7.22. The minimum absolute atomic E-state index is 0.0195. The average Bonchev–Trinajstić information content (AvgIpc) is 2.65. The summed E-state index contributed by atoms with van der Waals surface area (Å²) in [6.07, 6.45) is 18.8. The normalized spacial score (nSPS) is 10.5. The number of ether oxygens (including phenoxy) is 1. The highest BCUT2D eigenvalue weighted by Crippen LogP contribution is 2.13. The first kappa shape index (κ1) is 24.7. The van der Waals surface area contributed by atoms with Crippen molar-refractivity contribution in [3.63, 3.8) is 0 Å². The Labute approximate surface area is 161 Å². The van der Waals surface area contributed by atoms with Crippen LogP contribution in [0.15, 0.2) is 12.2 Å². The fourth-order valence-corrected chi connectivity index (χ4v) is 2.99. The van der Waals surface area contributed by atoms with Gasteiger partial charge in [-0.3, -0.25) is 4.79 Å². The summed E-state index contributed by atoms with van der Waals surface area (Å²) < 4.78 is 4.54. The van der Waals surface area contributed by atoms with E-state index < -0.39 is 5.97 Å². The highest BCUT2D eigenvalue weighted by molar-refractivity contribution is 5.89. The molecule has 0 bridgehead atoms. The Morgan fingerprint density at radius 3 is 1.62 bits per heavy atom. The van der Waals surface area contributed by atoms with Crippen molar-refractivity contribution < 1.29 is 14.3 Å². The fraction of sp³-hybridized carbons (Fsp3) is 0.818. The van der Waals surface area contributed by atoms with E-state index >= 15 is 0 Å². The van der Waals surface area contributed by atoms with E-state index in [9.17, 15) is 9.59 Å². The second kappa shape index (κ2) is 18.5. The number of carbonyl (C=O) groups excluding carboxylic acids is 2. The average molecular weight is 368 g/mol. The van der Waals surface area contributed by atoms with E-state index in [0.29, 0.717) is 6.42 Å². The van der Waals surface area contributed by atoms with E-state index in [0.717, 1.165) is 12.8 Å². The van der Waals surface area contributed by atoms with Gasteiger partial charge in [-0.1, -0.05) is 97.0 Å². The number of amides is 1. The zero-order chi connectivity index (χ0) is 19.5. The Bertz CT molecular complexity index is 380. The molecular formula is C22H41NO3. The molecule has 0 fully saturated rings. The molecule has 0 radical (unpaired) electrons. The monoisotopic (exact) mass is 367 g/mol. The van der Waals surface area contributed by atoms with Crippen molar-refractivity contribution in [2.45, 2.75) is 103 Å². The van der Waals surface area contributed by atoms with Crippen LogP contribution in [0.1, 0.15) is 103 Å². The minimum Gasteiger partial charge on any atom is -0.466 e. The molecule has 26 heavy (non-hydrogen) atoms. The number of rotatable bonds is 18. The number of hydrogen-bond donors (Lipinski definition) is 1. The van der Waals surface area contributed by atoms with Crippen LogP contribution in [0.2, 0.25) is 0 Å². The van der Waals surface area contributed by atoms with Crippen LogP contribution in [0.25, 0.3) is 0 Å². The Hall–Kier alpha value is -1.32. The molecule has 0 aliphatic rings. The zero-order valence-electron chi connectivity index (χ0n) is 17.2. The van der Waals surface area contributed by atoms with Crippen molar-refractivity contribution in [3.05, 3.63) is 12.2 Å². The van der Waals surface area contributed by atoms with Gasteiger partial charge in [0.05, 0.1) is 7.11 Å². The lowest BCUT2D eigenvalue weighted by atomic mass is 10.0. The standard InChI is InChI=1S/C22H41NO3/c1-4-5-6-7-8-9-10-11-12-13-14-15-16-17-18-21(24)23-19-20(2)22(25)26-3/h2,4-19H2,1,3H3,(H,23,24). The van der Waals surface area contributed by atoms with Gasteiger partial charge in [0.15, 0.2) is 0 Å². The molecule has 0 spiro atoms. The van der Waals surface area contributed by atoms with Gasteiger partial charge in [0.25, 0.3) is 0 Å². The number of methoxy groups -OCH3 is 1. The van der Waals surface area contributed by atoms with Crippen LogP contribution in [0.3, 0.4) is 0 Å². The quantitative estimate of drug-likeness (QED) is 0.192.